The van der Waals surface area contributed by atoms with E-state index in [0.717, 1.165) is 12.8 Å². The fraction of sp³-hybridized carbons (Fsp3) is 1.00. The summed E-state index contributed by atoms with van der Waals surface area (Å²) in [6.07, 6.45) is 2.16. The molecule has 0 atom stereocenters. The summed E-state index contributed by atoms with van der Waals surface area (Å²) in [7, 11) is 0.0546. The summed E-state index contributed by atoms with van der Waals surface area (Å²) in [5, 5.41) is 8.04. The minimum absolute atomic E-state index is 0.0546. The molecule has 0 amide bonds. The zero-order chi connectivity index (χ0) is 5.54. The minimum atomic E-state index is 0.0546. The van der Waals surface area contributed by atoms with Crippen LogP contribution in [0, 0.1) is 5.00 Å². The second-order valence-electron chi connectivity index (χ2n) is 1.27. The standard InChI is InChI=1S/C4H9NOP/c1-2-3-4-6-7-5/h2-4H2,1H3/q+1. The summed E-state index contributed by atoms with van der Waals surface area (Å²) >= 11 is 0. The van der Waals surface area contributed by atoms with E-state index in [0.29, 0.717) is 6.61 Å². The first-order valence-corrected chi connectivity index (χ1v) is 3.14. The quantitative estimate of drug-likeness (QED) is 0.420. The van der Waals surface area contributed by atoms with Crippen LogP contribution < -0.4 is 0 Å². The summed E-state index contributed by atoms with van der Waals surface area (Å²) in [4.78, 5) is 0. The summed E-state index contributed by atoms with van der Waals surface area (Å²) in [5.41, 5.74) is 0. The van der Waals surface area contributed by atoms with Crippen molar-refractivity contribution in [3.63, 3.8) is 0 Å². The van der Waals surface area contributed by atoms with Crippen LogP contribution in [0.2, 0.25) is 0 Å². The van der Waals surface area contributed by atoms with Crippen molar-refractivity contribution in [2.45, 2.75) is 19.8 Å². The van der Waals surface area contributed by atoms with Crippen LogP contribution in [0.4, 0.5) is 0 Å². The van der Waals surface area contributed by atoms with Gasteiger partial charge in [-0.15, -0.1) is 0 Å². The van der Waals surface area contributed by atoms with Crippen LogP contribution in [0.15, 0.2) is 0 Å². The molecule has 0 bridgehead atoms. The Labute approximate surface area is 45.3 Å². The van der Waals surface area contributed by atoms with Crippen molar-refractivity contribution in [3.8, 4) is 0 Å². The van der Waals surface area contributed by atoms with Crippen LogP contribution in [0.3, 0.4) is 0 Å². The maximum atomic E-state index is 8.04. The number of hydrogen-bond acceptors (Lipinski definition) is 2. The Hall–Kier alpha value is 0.100. The second kappa shape index (κ2) is 6.10. The van der Waals surface area contributed by atoms with Gasteiger partial charge in [0.25, 0.3) is 0 Å². The van der Waals surface area contributed by atoms with E-state index in [-0.39, 0.29) is 8.44 Å². The van der Waals surface area contributed by atoms with Gasteiger partial charge < -0.3 is 0 Å². The third kappa shape index (κ3) is 6.10. The zero-order valence-corrected chi connectivity index (χ0v) is 5.32. The van der Waals surface area contributed by atoms with Crippen molar-refractivity contribution in [3.05, 3.63) is 0 Å². The Morgan fingerprint density at radius 2 is 2.43 bits per heavy atom. The first-order chi connectivity index (χ1) is 3.41. The molecule has 3 heteroatoms. The van der Waals surface area contributed by atoms with E-state index < -0.39 is 0 Å². The van der Waals surface area contributed by atoms with Gasteiger partial charge in [-0.05, 0) is 0 Å². The molecule has 0 heterocycles. The average Bonchev–Trinajstić information content (AvgIpc) is 1.69. The molecule has 40 valence electrons. The molecule has 0 unspecified atom stereocenters. The fourth-order valence-electron chi connectivity index (χ4n) is 0.250. The van der Waals surface area contributed by atoms with E-state index in [1.807, 2.05) is 0 Å². The molecule has 0 aliphatic rings. The van der Waals surface area contributed by atoms with E-state index in [4.69, 9.17) is 5.00 Å². The Kier molecular flexibility index (Phi) is 6.19. The van der Waals surface area contributed by atoms with Crippen LogP contribution in [0.25, 0.3) is 0 Å². The van der Waals surface area contributed by atoms with Gasteiger partial charge in [0.15, 0.2) is 0 Å². The first kappa shape index (κ1) is 7.10. The summed E-state index contributed by atoms with van der Waals surface area (Å²) in [6.45, 7) is 2.76. The summed E-state index contributed by atoms with van der Waals surface area (Å²) < 4.78 is 4.60. The molecular weight excluding hydrogens is 109 g/mol. The van der Waals surface area contributed by atoms with Gasteiger partial charge >= 0.3 is 44.3 Å². The van der Waals surface area contributed by atoms with Gasteiger partial charge in [0.1, 0.15) is 0 Å². The molecular formula is C4H9NOP+. The molecule has 2 nitrogen and oxygen atoms in total. The van der Waals surface area contributed by atoms with Crippen LogP contribution in [-0.2, 0) is 4.52 Å². The molecule has 0 aliphatic carbocycles. The van der Waals surface area contributed by atoms with Crippen molar-refractivity contribution in [2.75, 3.05) is 6.61 Å². The monoisotopic (exact) mass is 118 g/mol. The van der Waals surface area contributed by atoms with E-state index in [9.17, 15) is 0 Å². The van der Waals surface area contributed by atoms with Gasteiger partial charge in [-0.3, -0.25) is 0 Å². The molecule has 7 heavy (non-hydrogen) atoms. The van der Waals surface area contributed by atoms with E-state index in [1.165, 1.54) is 0 Å². The molecule has 0 aromatic carbocycles. The molecule has 0 N–H and O–H groups in total. The molecule has 0 aliphatic heterocycles. The Morgan fingerprint density at radius 1 is 1.71 bits per heavy atom. The SMILES string of the molecule is CCCCO[P+]#N. The maximum absolute atomic E-state index is 8.04. The van der Waals surface area contributed by atoms with Gasteiger partial charge in [-0.2, -0.15) is 0 Å². The van der Waals surface area contributed by atoms with Crippen LogP contribution in [0.5, 0.6) is 0 Å². The molecule has 0 fully saturated rings. The van der Waals surface area contributed by atoms with Gasteiger partial charge in [0.2, 0.25) is 0 Å². The normalized spacial score (nSPS) is 8.57. The third-order valence-corrected chi connectivity index (χ3v) is 0.945. The number of nitrogens with zero attached hydrogens (tertiary/aromatic N) is 1. The number of rotatable bonds is 3. The van der Waals surface area contributed by atoms with E-state index in [1.54, 1.807) is 0 Å². The van der Waals surface area contributed by atoms with Crippen molar-refractivity contribution >= 4 is 8.44 Å². The summed E-state index contributed by atoms with van der Waals surface area (Å²) in [6, 6.07) is 0. The predicted octanol–water partition coefficient (Wildman–Crippen LogP) is 2.14. The molecule has 0 saturated heterocycles. The van der Waals surface area contributed by atoms with Crippen molar-refractivity contribution < 1.29 is 4.52 Å². The zero-order valence-electron chi connectivity index (χ0n) is 4.42. The van der Waals surface area contributed by atoms with Crippen molar-refractivity contribution in [1.82, 2.24) is 0 Å². The van der Waals surface area contributed by atoms with Crippen LogP contribution >= 0.6 is 8.44 Å². The Morgan fingerprint density at radius 3 is 2.86 bits per heavy atom. The van der Waals surface area contributed by atoms with Gasteiger partial charge in [-0.1, -0.05) is 0 Å². The number of hydrogen-bond donors (Lipinski definition) is 0. The predicted molar refractivity (Wildman–Crippen MR) is 29.5 cm³/mol. The van der Waals surface area contributed by atoms with Gasteiger partial charge in [0, 0.05) is 0 Å². The van der Waals surface area contributed by atoms with Crippen molar-refractivity contribution in [2.24, 2.45) is 0 Å². The van der Waals surface area contributed by atoms with E-state index >= 15 is 0 Å². The van der Waals surface area contributed by atoms with Gasteiger partial charge in [-0.25, -0.2) is 0 Å². The van der Waals surface area contributed by atoms with Gasteiger partial charge in [0.05, 0.1) is 0 Å². The fourth-order valence-corrected chi connectivity index (χ4v) is 0.460. The third-order valence-electron chi connectivity index (χ3n) is 0.647. The average molecular weight is 118 g/mol. The molecule has 0 rings (SSSR count). The molecule has 0 radical (unpaired) electrons. The molecule has 0 spiro atoms. The Bertz CT molecular complexity index is 68.6. The molecule has 0 aromatic heterocycles. The first-order valence-electron chi connectivity index (χ1n) is 2.38. The van der Waals surface area contributed by atoms with Crippen molar-refractivity contribution in [1.29, 1.82) is 5.00 Å². The number of unbranched alkanes of at least 4 members (excludes halogenated alkanes) is 1. The molecule has 0 saturated carbocycles. The topological polar surface area (TPSA) is 33.0 Å². The van der Waals surface area contributed by atoms with Crippen LogP contribution in [-0.4, -0.2) is 6.61 Å². The van der Waals surface area contributed by atoms with Crippen LogP contribution in [0.1, 0.15) is 19.8 Å². The Balaban J connectivity index is 2.60. The molecule has 0 aromatic rings. The second-order valence-corrected chi connectivity index (χ2v) is 1.69. The van der Waals surface area contributed by atoms with E-state index in [2.05, 4.69) is 11.4 Å². The summed E-state index contributed by atoms with van der Waals surface area (Å²) in [5.74, 6) is 0.